The maximum atomic E-state index is 12.3. The van der Waals surface area contributed by atoms with Crippen molar-refractivity contribution in [3.8, 4) is 23.1 Å². The van der Waals surface area contributed by atoms with E-state index in [9.17, 15) is 13.6 Å². The zero-order chi connectivity index (χ0) is 19.9. The van der Waals surface area contributed by atoms with Crippen LogP contribution >= 0.6 is 0 Å². The molecule has 0 radical (unpaired) electrons. The maximum absolute atomic E-state index is 12.3. The Morgan fingerprint density at radius 1 is 1.36 bits per heavy atom. The van der Waals surface area contributed by atoms with Crippen LogP contribution in [0.25, 0.3) is 11.6 Å². The molecule has 0 saturated carbocycles. The lowest BCUT2D eigenvalue weighted by molar-refractivity contribution is -0.121. The van der Waals surface area contributed by atoms with Gasteiger partial charge in [-0.25, -0.2) is 4.98 Å². The van der Waals surface area contributed by atoms with E-state index in [-0.39, 0.29) is 48.5 Å². The van der Waals surface area contributed by atoms with E-state index in [0.29, 0.717) is 11.4 Å². The smallest absolute Gasteiger partial charge is 0.387 e. The fraction of sp³-hybridized carbons (Fsp3) is 0.312. The molecule has 148 valence electrons. The second-order valence-corrected chi connectivity index (χ2v) is 5.49. The maximum Gasteiger partial charge on any atom is 0.387 e. The van der Waals surface area contributed by atoms with Crippen molar-refractivity contribution in [1.29, 1.82) is 0 Å². The van der Waals surface area contributed by atoms with Crippen LogP contribution in [-0.4, -0.2) is 45.0 Å². The molecule has 2 heterocycles. The molecule has 0 aliphatic heterocycles. The van der Waals surface area contributed by atoms with E-state index in [1.54, 1.807) is 6.07 Å². The number of hydrogen-bond donors (Lipinski definition) is 2. The lowest BCUT2D eigenvalue weighted by Crippen LogP contribution is -2.23. The second kappa shape index (κ2) is 8.88. The van der Waals surface area contributed by atoms with Gasteiger partial charge in [0.05, 0.1) is 7.11 Å². The molecule has 0 saturated heterocycles. The van der Waals surface area contributed by atoms with Crippen molar-refractivity contribution >= 4 is 5.91 Å². The first-order chi connectivity index (χ1) is 13.5. The molecule has 3 rings (SSSR count). The summed E-state index contributed by atoms with van der Waals surface area (Å²) in [4.78, 5) is 20.0. The molecule has 2 N–H and O–H groups in total. The number of rotatable bonds is 9. The number of ether oxygens (including phenoxy) is 2. The number of nitrogens with zero attached hydrogens (tertiary/aromatic N) is 4. The molecule has 0 spiro atoms. The summed E-state index contributed by atoms with van der Waals surface area (Å²) in [5, 5.41) is 12.8. The number of aromatic amines is 1. The van der Waals surface area contributed by atoms with E-state index in [1.165, 1.54) is 25.6 Å². The Bertz CT molecular complexity index is 916. The van der Waals surface area contributed by atoms with Crippen LogP contribution in [0.15, 0.2) is 29.0 Å². The molecule has 3 aromatic rings. The lowest BCUT2D eigenvalue weighted by Gasteiger charge is -2.11. The van der Waals surface area contributed by atoms with Gasteiger partial charge in [-0.05, 0) is 17.7 Å². The van der Waals surface area contributed by atoms with Crippen LogP contribution in [0.5, 0.6) is 11.5 Å². The van der Waals surface area contributed by atoms with Gasteiger partial charge < -0.3 is 19.3 Å². The molecule has 0 aliphatic carbocycles. The highest BCUT2D eigenvalue weighted by atomic mass is 19.3. The molecule has 0 unspecified atom stereocenters. The number of halogens is 2. The van der Waals surface area contributed by atoms with Crippen LogP contribution in [0.4, 0.5) is 8.78 Å². The number of carbonyl (C=O) groups excluding carboxylic acids is 1. The van der Waals surface area contributed by atoms with Gasteiger partial charge in [0.15, 0.2) is 17.3 Å². The average Bonchev–Trinajstić information content (AvgIpc) is 3.36. The van der Waals surface area contributed by atoms with Gasteiger partial charge in [-0.1, -0.05) is 11.2 Å². The van der Waals surface area contributed by atoms with Crippen molar-refractivity contribution < 1.29 is 27.6 Å². The first-order valence-electron chi connectivity index (χ1n) is 8.12. The lowest BCUT2D eigenvalue weighted by atomic mass is 10.2. The second-order valence-electron chi connectivity index (χ2n) is 5.49. The molecular weight excluding hydrogens is 378 g/mol. The topological polar surface area (TPSA) is 128 Å². The average molecular weight is 394 g/mol. The largest absolute Gasteiger partial charge is 0.493 e. The number of nitrogens with one attached hydrogen (secondary N) is 2. The Hall–Kier alpha value is -3.57. The minimum absolute atomic E-state index is 0.0773. The molecule has 12 heteroatoms. The number of H-pyrrole nitrogens is 1. The Morgan fingerprint density at radius 2 is 2.21 bits per heavy atom. The summed E-state index contributed by atoms with van der Waals surface area (Å²) in [5.74, 6) is 0.742. The molecule has 0 aliphatic rings. The number of aromatic nitrogens is 5. The zero-order valence-corrected chi connectivity index (χ0v) is 14.7. The van der Waals surface area contributed by atoms with Crippen LogP contribution in [0.1, 0.15) is 17.9 Å². The van der Waals surface area contributed by atoms with Crippen LogP contribution in [0.3, 0.4) is 0 Å². The molecule has 10 nitrogen and oxygen atoms in total. The standard InChI is InChI=1S/C16H16F2N6O4/c1-26-11-6-9(2-3-10(11)27-16(17)18)7-19-12(25)4-5-13-22-15(24-28-13)14-20-8-21-23-14/h2-3,6,8,16H,4-5,7H2,1H3,(H,19,25)(H,20,21,23). The first-order valence-corrected chi connectivity index (χ1v) is 8.12. The third-order valence-electron chi connectivity index (χ3n) is 3.59. The molecule has 0 bridgehead atoms. The Kier molecular flexibility index (Phi) is 6.09. The van der Waals surface area contributed by atoms with Gasteiger partial charge in [0, 0.05) is 19.4 Å². The number of hydrogen-bond acceptors (Lipinski definition) is 8. The van der Waals surface area contributed by atoms with Crippen molar-refractivity contribution in [2.45, 2.75) is 26.0 Å². The predicted molar refractivity (Wildman–Crippen MR) is 89.5 cm³/mol. The minimum atomic E-state index is -2.95. The van der Waals surface area contributed by atoms with Crippen LogP contribution in [0.2, 0.25) is 0 Å². The molecule has 1 aromatic carbocycles. The van der Waals surface area contributed by atoms with E-state index >= 15 is 0 Å². The van der Waals surface area contributed by atoms with E-state index < -0.39 is 6.61 Å². The number of aryl methyl sites for hydroxylation is 1. The van der Waals surface area contributed by atoms with Crippen LogP contribution in [0, 0.1) is 0 Å². The van der Waals surface area contributed by atoms with Gasteiger partial charge in [0.2, 0.25) is 17.6 Å². The number of carbonyl (C=O) groups is 1. The highest BCUT2D eigenvalue weighted by Gasteiger charge is 2.14. The van der Waals surface area contributed by atoms with Crippen molar-refractivity contribution in [1.82, 2.24) is 30.6 Å². The molecule has 28 heavy (non-hydrogen) atoms. The van der Waals surface area contributed by atoms with Gasteiger partial charge in [0.25, 0.3) is 0 Å². The van der Waals surface area contributed by atoms with Crippen LogP contribution < -0.4 is 14.8 Å². The monoisotopic (exact) mass is 394 g/mol. The number of methoxy groups -OCH3 is 1. The highest BCUT2D eigenvalue weighted by molar-refractivity contribution is 5.76. The Labute approximate surface area is 157 Å². The van der Waals surface area contributed by atoms with Crippen molar-refractivity contribution in [2.24, 2.45) is 0 Å². The summed E-state index contributed by atoms with van der Waals surface area (Å²) in [5.41, 5.74) is 0.664. The van der Waals surface area contributed by atoms with Gasteiger partial charge in [-0.15, -0.1) is 0 Å². The number of alkyl halides is 2. The zero-order valence-electron chi connectivity index (χ0n) is 14.7. The molecule has 0 atom stereocenters. The third kappa shape index (κ3) is 4.99. The van der Waals surface area contributed by atoms with Gasteiger partial charge in [-0.2, -0.15) is 18.9 Å². The molecule has 2 aromatic heterocycles. The van der Waals surface area contributed by atoms with Crippen molar-refractivity contribution in [3.05, 3.63) is 36.0 Å². The fourth-order valence-corrected chi connectivity index (χ4v) is 2.29. The van der Waals surface area contributed by atoms with E-state index in [0.717, 1.165) is 0 Å². The number of benzene rings is 1. The molecule has 1 amide bonds. The van der Waals surface area contributed by atoms with Crippen LogP contribution in [-0.2, 0) is 17.8 Å². The van der Waals surface area contributed by atoms with Crippen molar-refractivity contribution in [3.63, 3.8) is 0 Å². The summed E-state index contributed by atoms with van der Waals surface area (Å²) in [6, 6.07) is 4.43. The van der Waals surface area contributed by atoms with Crippen molar-refractivity contribution in [2.75, 3.05) is 7.11 Å². The first kappa shape index (κ1) is 19.2. The fourth-order valence-electron chi connectivity index (χ4n) is 2.29. The SMILES string of the molecule is COc1cc(CNC(=O)CCc2nc(-c3ncn[nH]3)no2)ccc1OC(F)F. The van der Waals surface area contributed by atoms with Gasteiger partial charge in [-0.3, -0.25) is 9.89 Å². The van der Waals surface area contributed by atoms with E-state index in [1.807, 2.05) is 0 Å². The third-order valence-corrected chi connectivity index (χ3v) is 3.59. The highest BCUT2D eigenvalue weighted by Crippen LogP contribution is 2.29. The Morgan fingerprint density at radius 3 is 2.93 bits per heavy atom. The molecule has 0 fully saturated rings. The summed E-state index contributed by atoms with van der Waals surface area (Å²) < 4.78 is 39.1. The number of amides is 1. The summed E-state index contributed by atoms with van der Waals surface area (Å²) in [6.07, 6.45) is 1.69. The summed E-state index contributed by atoms with van der Waals surface area (Å²) in [6.45, 7) is -2.76. The minimum Gasteiger partial charge on any atom is -0.493 e. The summed E-state index contributed by atoms with van der Waals surface area (Å²) >= 11 is 0. The summed E-state index contributed by atoms with van der Waals surface area (Å²) in [7, 11) is 1.34. The van der Waals surface area contributed by atoms with E-state index in [2.05, 4.69) is 35.4 Å². The van der Waals surface area contributed by atoms with E-state index in [4.69, 9.17) is 9.26 Å². The quantitative estimate of drug-likeness (QED) is 0.561. The van der Waals surface area contributed by atoms with Gasteiger partial charge in [0.1, 0.15) is 6.33 Å². The Balaban J connectivity index is 1.49. The van der Waals surface area contributed by atoms with Gasteiger partial charge >= 0.3 is 6.61 Å². The normalized spacial score (nSPS) is 10.9. The molecular formula is C16H16F2N6O4. The predicted octanol–water partition coefficient (Wildman–Crippen LogP) is 1.71.